The second kappa shape index (κ2) is 7.80. The number of nitro benzene ring substituents is 1. The third-order valence-electron chi connectivity index (χ3n) is 3.51. The summed E-state index contributed by atoms with van der Waals surface area (Å²) in [6.07, 6.45) is 3.21. The van der Waals surface area contributed by atoms with Gasteiger partial charge in [0.25, 0.3) is 5.69 Å². The van der Waals surface area contributed by atoms with Gasteiger partial charge in [-0.3, -0.25) is 15.1 Å². The molecule has 7 nitrogen and oxygen atoms in total. The molecular formula is C19H13N3O4. The van der Waals surface area contributed by atoms with Crippen molar-refractivity contribution in [3.8, 4) is 0 Å². The van der Waals surface area contributed by atoms with Crippen molar-refractivity contribution in [2.24, 2.45) is 5.16 Å². The van der Waals surface area contributed by atoms with Crippen molar-refractivity contribution in [3.05, 3.63) is 106 Å². The van der Waals surface area contributed by atoms with E-state index in [1.54, 1.807) is 24.5 Å². The van der Waals surface area contributed by atoms with Crippen molar-refractivity contribution < 1.29 is 14.6 Å². The summed E-state index contributed by atoms with van der Waals surface area (Å²) in [4.78, 5) is 31.5. The lowest BCUT2D eigenvalue weighted by Crippen LogP contribution is -2.08. The maximum absolute atomic E-state index is 12.2. The fourth-order valence-electron chi connectivity index (χ4n) is 2.26. The highest BCUT2D eigenvalue weighted by molar-refractivity contribution is 6.12. The Labute approximate surface area is 148 Å². The minimum absolute atomic E-state index is 0.0464. The van der Waals surface area contributed by atoms with E-state index in [9.17, 15) is 14.9 Å². The average molecular weight is 347 g/mol. The zero-order valence-electron chi connectivity index (χ0n) is 13.5. The molecule has 0 N–H and O–H groups in total. The molecule has 0 aliphatic rings. The zero-order chi connectivity index (χ0) is 18.4. The minimum atomic E-state index is -0.781. The fourth-order valence-corrected chi connectivity index (χ4v) is 2.26. The molecule has 1 aromatic heterocycles. The number of nitro groups is 1. The number of benzene rings is 2. The molecule has 26 heavy (non-hydrogen) atoms. The van der Waals surface area contributed by atoms with Crippen molar-refractivity contribution in [3.63, 3.8) is 0 Å². The monoisotopic (exact) mass is 347 g/mol. The molecule has 0 aliphatic heterocycles. The van der Waals surface area contributed by atoms with Crippen LogP contribution in [0.3, 0.4) is 0 Å². The summed E-state index contributed by atoms with van der Waals surface area (Å²) >= 11 is 0. The lowest BCUT2D eigenvalue weighted by molar-refractivity contribution is -0.384. The predicted molar refractivity (Wildman–Crippen MR) is 94.8 cm³/mol. The van der Waals surface area contributed by atoms with Gasteiger partial charge in [0.2, 0.25) is 0 Å². The van der Waals surface area contributed by atoms with Crippen LogP contribution in [0.25, 0.3) is 0 Å². The largest absolute Gasteiger partial charge is 0.366 e. The first kappa shape index (κ1) is 17.0. The summed E-state index contributed by atoms with van der Waals surface area (Å²) in [6, 6.07) is 18.0. The SMILES string of the molecule is O=C(ON=C(c1ccccc1)c1ccncc1)c1cccc([N+](=O)[O-])c1. The molecule has 0 saturated carbocycles. The molecule has 0 saturated heterocycles. The van der Waals surface area contributed by atoms with Gasteiger partial charge in [-0.05, 0) is 18.2 Å². The Kier molecular flexibility index (Phi) is 5.09. The number of nitrogens with zero attached hydrogens (tertiary/aromatic N) is 3. The highest BCUT2D eigenvalue weighted by Crippen LogP contribution is 2.15. The van der Waals surface area contributed by atoms with E-state index >= 15 is 0 Å². The number of hydrogen-bond acceptors (Lipinski definition) is 6. The smallest absolute Gasteiger partial charge is 0.312 e. The minimum Gasteiger partial charge on any atom is -0.312 e. The molecule has 1 heterocycles. The van der Waals surface area contributed by atoms with Gasteiger partial charge < -0.3 is 4.84 Å². The fraction of sp³-hybridized carbons (Fsp3) is 0. The van der Waals surface area contributed by atoms with Crippen molar-refractivity contribution in [2.75, 3.05) is 0 Å². The second-order valence-corrected chi connectivity index (χ2v) is 5.23. The van der Waals surface area contributed by atoms with Crippen LogP contribution in [-0.4, -0.2) is 21.6 Å². The summed E-state index contributed by atoms with van der Waals surface area (Å²) in [6.45, 7) is 0. The van der Waals surface area contributed by atoms with Crippen molar-refractivity contribution in [2.45, 2.75) is 0 Å². The van der Waals surface area contributed by atoms with Crippen molar-refractivity contribution in [1.82, 2.24) is 4.98 Å². The molecule has 0 amide bonds. The van der Waals surface area contributed by atoms with E-state index in [1.807, 2.05) is 30.3 Å². The molecule has 3 rings (SSSR count). The summed E-state index contributed by atoms with van der Waals surface area (Å²) in [5.74, 6) is -0.781. The van der Waals surface area contributed by atoms with Gasteiger partial charge in [0.1, 0.15) is 5.71 Å². The van der Waals surface area contributed by atoms with Crippen LogP contribution < -0.4 is 0 Å². The van der Waals surface area contributed by atoms with E-state index in [0.717, 1.165) is 17.2 Å². The summed E-state index contributed by atoms with van der Waals surface area (Å²) < 4.78 is 0. The van der Waals surface area contributed by atoms with Crippen molar-refractivity contribution >= 4 is 17.4 Å². The van der Waals surface area contributed by atoms with E-state index in [-0.39, 0.29) is 11.3 Å². The number of rotatable bonds is 5. The molecule has 128 valence electrons. The van der Waals surface area contributed by atoms with E-state index in [2.05, 4.69) is 10.1 Å². The second-order valence-electron chi connectivity index (χ2n) is 5.23. The summed E-state index contributed by atoms with van der Waals surface area (Å²) in [5.41, 5.74) is 1.78. The Hall–Kier alpha value is -3.87. The van der Waals surface area contributed by atoms with Crippen LogP contribution in [0, 0.1) is 10.1 Å². The molecule has 0 atom stereocenters. The number of oxime groups is 1. The molecule has 0 spiro atoms. The number of carbonyl (C=O) groups is 1. The average Bonchev–Trinajstić information content (AvgIpc) is 2.69. The van der Waals surface area contributed by atoms with E-state index in [0.29, 0.717) is 5.71 Å². The van der Waals surface area contributed by atoms with E-state index < -0.39 is 10.9 Å². The quantitative estimate of drug-likeness (QED) is 0.304. The third-order valence-corrected chi connectivity index (χ3v) is 3.51. The summed E-state index contributed by atoms with van der Waals surface area (Å²) in [5, 5.41) is 14.8. The number of hydrogen-bond donors (Lipinski definition) is 0. The Bertz CT molecular complexity index is 915. The highest BCUT2D eigenvalue weighted by atomic mass is 16.7. The molecular weight excluding hydrogens is 334 g/mol. The van der Waals surface area contributed by atoms with Crippen LogP contribution in [0.1, 0.15) is 21.5 Å². The van der Waals surface area contributed by atoms with Gasteiger partial charge in [-0.25, -0.2) is 4.79 Å². The predicted octanol–water partition coefficient (Wildman–Crippen LogP) is 3.60. The number of aromatic nitrogens is 1. The van der Waals surface area contributed by atoms with Gasteiger partial charge in [-0.15, -0.1) is 0 Å². The van der Waals surface area contributed by atoms with Crippen LogP contribution in [-0.2, 0) is 4.84 Å². The van der Waals surface area contributed by atoms with Gasteiger partial charge in [0, 0.05) is 35.7 Å². The first-order chi connectivity index (χ1) is 12.6. The van der Waals surface area contributed by atoms with Crippen LogP contribution >= 0.6 is 0 Å². The first-order valence-corrected chi connectivity index (χ1v) is 7.65. The Balaban J connectivity index is 1.91. The topological polar surface area (TPSA) is 94.7 Å². The standard InChI is InChI=1S/C19H13N3O4/c23-19(16-7-4-8-17(13-16)22(24)25)26-21-18(14-5-2-1-3-6-14)15-9-11-20-12-10-15/h1-13H. The van der Waals surface area contributed by atoms with Crippen LogP contribution in [0.15, 0.2) is 84.3 Å². The number of non-ortho nitro benzene ring substituents is 1. The molecule has 0 fully saturated rings. The Morgan fingerprint density at radius 1 is 0.923 bits per heavy atom. The highest BCUT2D eigenvalue weighted by Gasteiger charge is 2.14. The van der Waals surface area contributed by atoms with Crippen LogP contribution in [0.4, 0.5) is 5.69 Å². The molecule has 0 bridgehead atoms. The number of pyridine rings is 1. The number of carbonyl (C=O) groups excluding carboxylic acids is 1. The third kappa shape index (κ3) is 3.96. The normalized spacial score (nSPS) is 11.0. The lowest BCUT2D eigenvalue weighted by Gasteiger charge is -2.06. The molecule has 0 unspecified atom stereocenters. The maximum atomic E-state index is 12.2. The summed E-state index contributed by atoms with van der Waals surface area (Å²) in [7, 11) is 0. The van der Waals surface area contributed by atoms with Gasteiger partial charge in [-0.1, -0.05) is 41.6 Å². The van der Waals surface area contributed by atoms with Gasteiger partial charge >= 0.3 is 5.97 Å². The lowest BCUT2D eigenvalue weighted by atomic mass is 10.0. The Morgan fingerprint density at radius 2 is 1.58 bits per heavy atom. The molecule has 0 aliphatic carbocycles. The molecule has 2 aromatic carbocycles. The van der Waals surface area contributed by atoms with E-state index in [4.69, 9.17) is 4.84 Å². The van der Waals surface area contributed by atoms with Crippen molar-refractivity contribution in [1.29, 1.82) is 0 Å². The Morgan fingerprint density at radius 3 is 2.27 bits per heavy atom. The van der Waals surface area contributed by atoms with Gasteiger partial charge in [0.15, 0.2) is 0 Å². The van der Waals surface area contributed by atoms with E-state index in [1.165, 1.54) is 18.2 Å². The first-order valence-electron chi connectivity index (χ1n) is 7.65. The van der Waals surface area contributed by atoms with Crippen LogP contribution in [0.5, 0.6) is 0 Å². The maximum Gasteiger partial charge on any atom is 0.366 e. The van der Waals surface area contributed by atoms with Crippen LogP contribution in [0.2, 0.25) is 0 Å². The van der Waals surface area contributed by atoms with Gasteiger partial charge in [-0.2, -0.15) is 0 Å². The molecule has 3 aromatic rings. The molecule has 7 heteroatoms. The molecule has 0 radical (unpaired) electrons. The zero-order valence-corrected chi connectivity index (χ0v) is 13.5. The van der Waals surface area contributed by atoms with Gasteiger partial charge in [0.05, 0.1) is 10.5 Å².